The minimum Gasteiger partial charge on any atom is -0.187 e. The second kappa shape index (κ2) is 4.91. The molecule has 1 N–H and O–H groups in total. The average molecular weight is 189 g/mol. The molecule has 1 unspecified atom stereocenters. The van der Waals surface area contributed by atoms with E-state index >= 15 is 0 Å². The van der Waals surface area contributed by atoms with Gasteiger partial charge in [-0.25, -0.2) is 0 Å². The zero-order valence-corrected chi connectivity index (χ0v) is 8.25. The van der Waals surface area contributed by atoms with Gasteiger partial charge in [-0.05, 0) is 12.8 Å². The van der Waals surface area contributed by atoms with Gasteiger partial charge in [0.05, 0.1) is 0 Å². The third-order valence-corrected chi connectivity index (χ3v) is 3.83. The summed E-state index contributed by atoms with van der Waals surface area (Å²) < 4.78 is 9.04. The topological polar surface area (TPSA) is 20.2 Å². The molecule has 1 aliphatic carbocycles. The molecule has 1 rings (SSSR count). The molecule has 0 aromatic carbocycles. The summed E-state index contributed by atoms with van der Waals surface area (Å²) in [5, 5.41) is 0.830. The van der Waals surface area contributed by atoms with Crippen molar-refractivity contribution >= 4 is 22.9 Å². The molecule has 0 saturated carbocycles. The summed E-state index contributed by atoms with van der Waals surface area (Å²) in [5.41, 5.74) is 0. The summed E-state index contributed by atoms with van der Waals surface area (Å²) in [6, 6.07) is 0. The van der Waals surface area contributed by atoms with Crippen molar-refractivity contribution in [1.82, 2.24) is 0 Å². The monoisotopic (exact) mass is 189 g/mol. The first-order valence-corrected chi connectivity index (χ1v) is 6.34. The van der Waals surface area contributed by atoms with Gasteiger partial charge in [0.1, 0.15) is 6.26 Å². The van der Waals surface area contributed by atoms with Gasteiger partial charge < -0.3 is 0 Å². The van der Waals surface area contributed by atoms with E-state index in [9.17, 15) is 0 Å². The van der Waals surface area contributed by atoms with Crippen molar-refractivity contribution in [3.05, 3.63) is 23.1 Å². The predicted octanol–water partition coefficient (Wildman–Crippen LogP) is 2.63. The van der Waals surface area contributed by atoms with Crippen molar-refractivity contribution in [1.29, 1.82) is 0 Å². The van der Waals surface area contributed by atoms with Gasteiger partial charge in [0.15, 0.2) is 16.3 Å². The molecule has 0 spiro atoms. The zero-order valence-electron chi connectivity index (χ0n) is 6.62. The molecule has 62 valence electrons. The molecule has 0 amide bonds. The molecular weight excluding hydrogens is 176 g/mol. The minimum atomic E-state index is -0.429. The highest BCUT2D eigenvalue weighted by Crippen LogP contribution is 2.22. The maximum atomic E-state index is 9.04. The van der Waals surface area contributed by atoms with Crippen LogP contribution >= 0.6 is 11.8 Å². The fourth-order valence-electron chi connectivity index (χ4n) is 0.850. The first-order valence-electron chi connectivity index (χ1n) is 3.60. The Bertz CT molecular complexity index is 173. The summed E-state index contributed by atoms with van der Waals surface area (Å²) in [6.45, 7) is 0. The number of hydrogen-bond acceptors (Lipinski definition) is 2. The van der Waals surface area contributed by atoms with Gasteiger partial charge in [0.2, 0.25) is 0 Å². The lowest BCUT2D eigenvalue weighted by Crippen LogP contribution is -1.98. The molecule has 1 aliphatic rings. The summed E-state index contributed by atoms with van der Waals surface area (Å²) >= 11 is 1.31. The highest BCUT2D eigenvalue weighted by atomic mass is 32.3. The van der Waals surface area contributed by atoms with E-state index in [2.05, 4.69) is 18.2 Å². The lowest BCUT2D eigenvalue weighted by Gasteiger charge is -2.02. The maximum Gasteiger partial charge on any atom is 0.190 e. The maximum absolute atomic E-state index is 9.04. The first kappa shape index (κ1) is 9.23. The van der Waals surface area contributed by atoms with Crippen LogP contribution in [0.25, 0.3) is 0 Å². The minimum absolute atomic E-state index is 0.429. The molecule has 0 bridgehead atoms. The standard InChI is InChI=1S/C8H13OS2/c1-11(9)7-10-8-5-3-2-4-6-8/h3,5-6,9H,2,4,7H2,1H3/q+1. The Morgan fingerprint density at radius 1 is 1.64 bits per heavy atom. The van der Waals surface area contributed by atoms with Gasteiger partial charge in [-0.3, -0.25) is 0 Å². The van der Waals surface area contributed by atoms with Gasteiger partial charge in [-0.1, -0.05) is 30.0 Å². The van der Waals surface area contributed by atoms with Crippen LogP contribution < -0.4 is 0 Å². The summed E-state index contributed by atoms with van der Waals surface area (Å²) in [7, 11) is 0. The summed E-state index contributed by atoms with van der Waals surface area (Å²) in [5.74, 6) is 0. The Morgan fingerprint density at radius 3 is 3.00 bits per heavy atom. The lowest BCUT2D eigenvalue weighted by molar-refractivity contribution is 0.650. The molecule has 11 heavy (non-hydrogen) atoms. The third-order valence-electron chi connectivity index (χ3n) is 1.36. The van der Waals surface area contributed by atoms with Gasteiger partial charge in [-0.2, -0.15) is 4.55 Å². The van der Waals surface area contributed by atoms with Gasteiger partial charge in [0, 0.05) is 4.91 Å². The van der Waals surface area contributed by atoms with Gasteiger partial charge >= 0.3 is 0 Å². The van der Waals surface area contributed by atoms with E-state index in [1.807, 2.05) is 6.26 Å². The van der Waals surface area contributed by atoms with Crippen molar-refractivity contribution in [3.63, 3.8) is 0 Å². The van der Waals surface area contributed by atoms with Crippen LogP contribution in [0.5, 0.6) is 0 Å². The SMILES string of the molecule is C[S+](O)CSC1=CCCC=C1. The Hall–Kier alpha value is 0.140. The molecule has 3 heteroatoms. The quantitative estimate of drug-likeness (QED) is 0.689. The molecule has 1 atom stereocenters. The van der Waals surface area contributed by atoms with E-state index in [1.54, 1.807) is 11.8 Å². The fraction of sp³-hybridized carbons (Fsp3) is 0.500. The average Bonchev–Trinajstić information content (AvgIpc) is 2.03. The number of allylic oxidation sites excluding steroid dienone is 3. The van der Waals surface area contributed by atoms with Crippen molar-refractivity contribution < 1.29 is 4.55 Å². The van der Waals surface area contributed by atoms with E-state index in [-0.39, 0.29) is 0 Å². The Morgan fingerprint density at radius 2 is 2.45 bits per heavy atom. The molecule has 0 saturated heterocycles. The van der Waals surface area contributed by atoms with Crippen LogP contribution in [0, 0.1) is 0 Å². The number of thioether (sulfide) groups is 1. The van der Waals surface area contributed by atoms with E-state index in [1.165, 1.54) is 11.3 Å². The lowest BCUT2D eigenvalue weighted by atomic mass is 10.2. The largest absolute Gasteiger partial charge is 0.190 e. The van der Waals surface area contributed by atoms with Gasteiger partial charge in [-0.15, -0.1) is 0 Å². The third kappa shape index (κ3) is 3.89. The van der Waals surface area contributed by atoms with Crippen molar-refractivity contribution in [3.8, 4) is 0 Å². The second-order valence-corrected chi connectivity index (χ2v) is 5.35. The first-order chi connectivity index (χ1) is 5.29. The van der Waals surface area contributed by atoms with Crippen LogP contribution in [0.2, 0.25) is 0 Å². The highest BCUT2D eigenvalue weighted by molar-refractivity contribution is 8.14. The summed E-state index contributed by atoms with van der Waals surface area (Å²) in [6.07, 6.45) is 10.7. The summed E-state index contributed by atoms with van der Waals surface area (Å²) in [4.78, 5) is 1.31. The van der Waals surface area contributed by atoms with Crippen LogP contribution in [0.15, 0.2) is 23.1 Å². The van der Waals surface area contributed by atoms with Gasteiger partial charge in [0.25, 0.3) is 0 Å². The number of rotatable bonds is 3. The Balaban J connectivity index is 2.25. The van der Waals surface area contributed by atoms with Crippen LogP contribution in [0.3, 0.4) is 0 Å². The molecule has 0 aromatic rings. The van der Waals surface area contributed by atoms with Crippen molar-refractivity contribution in [2.75, 3.05) is 11.3 Å². The van der Waals surface area contributed by atoms with E-state index in [0.29, 0.717) is 0 Å². The number of hydrogen-bond donors (Lipinski definition) is 1. The molecule has 0 heterocycles. The smallest absolute Gasteiger partial charge is 0.187 e. The molecular formula is C8H13OS2+. The van der Waals surface area contributed by atoms with Crippen LogP contribution in [0.4, 0.5) is 0 Å². The van der Waals surface area contributed by atoms with E-state index in [0.717, 1.165) is 11.5 Å². The van der Waals surface area contributed by atoms with E-state index < -0.39 is 11.2 Å². The molecule has 0 aliphatic heterocycles. The molecule has 0 fully saturated rings. The normalized spacial score (nSPS) is 19.6. The zero-order chi connectivity index (χ0) is 8.10. The van der Waals surface area contributed by atoms with Crippen molar-refractivity contribution in [2.45, 2.75) is 12.8 Å². The Kier molecular flexibility index (Phi) is 4.12. The van der Waals surface area contributed by atoms with Crippen LogP contribution in [-0.2, 0) is 11.2 Å². The Labute approximate surface area is 75.1 Å². The van der Waals surface area contributed by atoms with E-state index in [4.69, 9.17) is 4.55 Å². The predicted molar refractivity (Wildman–Crippen MR) is 54.8 cm³/mol. The molecule has 0 aromatic heterocycles. The van der Waals surface area contributed by atoms with Crippen molar-refractivity contribution in [2.24, 2.45) is 0 Å². The second-order valence-electron chi connectivity index (χ2n) is 2.45. The molecule has 0 radical (unpaired) electrons. The fourth-order valence-corrected chi connectivity index (χ4v) is 2.50. The highest BCUT2D eigenvalue weighted by Gasteiger charge is 2.07. The molecule has 1 nitrogen and oxygen atoms in total. The van der Waals surface area contributed by atoms with Crippen LogP contribution in [0.1, 0.15) is 12.8 Å². The van der Waals surface area contributed by atoms with Crippen LogP contribution in [-0.4, -0.2) is 15.9 Å².